The monoisotopic (exact) mass is 402 g/mol. The van der Waals surface area contributed by atoms with Crippen molar-refractivity contribution in [3.63, 3.8) is 0 Å². The van der Waals surface area contributed by atoms with Crippen LogP contribution >= 0.6 is 0 Å². The van der Waals surface area contributed by atoms with Gasteiger partial charge in [-0.1, -0.05) is 69.2 Å². The second kappa shape index (κ2) is 12.9. The molecule has 1 aromatic carbocycles. The minimum atomic E-state index is -0.683. The van der Waals surface area contributed by atoms with E-state index >= 15 is 0 Å². The molecule has 1 atom stereocenters. The van der Waals surface area contributed by atoms with E-state index in [1.165, 1.54) is 12.2 Å². The Hall–Kier alpha value is -2.40. The molecule has 5 nitrogen and oxygen atoms in total. The molecule has 0 amide bonds. The van der Waals surface area contributed by atoms with Crippen molar-refractivity contribution in [3.05, 3.63) is 59.2 Å². The maximum atomic E-state index is 12.4. The molecule has 0 spiro atoms. The van der Waals surface area contributed by atoms with Crippen LogP contribution in [0.4, 0.5) is 0 Å². The van der Waals surface area contributed by atoms with Gasteiger partial charge in [-0.05, 0) is 31.2 Å². The molecule has 0 aliphatic heterocycles. The molecular weight excluding hydrogens is 368 g/mol. The van der Waals surface area contributed by atoms with Gasteiger partial charge in [0.25, 0.3) is 0 Å². The number of allylic oxidation sites excluding steroid dienone is 2. The molecule has 160 valence electrons. The summed E-state index contributed by atoms with van der Waals surface area (Å²) in [6.07, 6.45) is 2.26. The Morgan fingerprint density at radius 2 is 1.52 bits per heavy atom. The molecule has 0 N–H and O–H groups in total. The minimum Gasteiger partial charge on any atom is -0.458 e. The van der Waals surface area contributed by atoms with Crippen molar-refractivity contribution < 1.29 is 23.8 Å². The third kappa shape index (κ3) is 10.6. The fourth-order valence-electron chi connectivity index (χ4n) is 2.79. The molecule has 0 aliphatic rings. The van der Waals surface area contributed by atoms with Gasteiger partial charge in [0.2, 0.25) is 0 Å². The van der Waals surface area contributed by atoms with Crippen molar-refractivity contribution in [2.45, 2.75) is 54.3 Å². The molecule has 0 aromatic heterocycles. The zero-order valence-corrected chi connectivity index (χ0v) is 18.4. The van der Waals surface area contributed by atoms with Crippen LogP contribution in [-0.4, -0.2) is 31.3 Å². The maximum Gasteiger partial charge on any atom is 0.331 e. The Morgan fingerprint density at radius 3 is 2.07 bits per heavy atom. The molecule has 29 heavy (non-hydrogen) atoms. The first kappa shape index (κ1) is 24.6. The van der Waals surface area contributed by atoms with Gasteiger partial charge in [0.1, 0.15) is 6.61 Å². The van der Waals surface area contributed by atoms with Gasteiger partial charge in [-0.3, -0.25) is 0 Å². The van der Waals surface area contributed by atoms with Crippen molar-refractivity contribution >= 4 is 11.9 Å². The van der Waals surface area contributed by atoms with Crippen molar-refractivity contribution in [1.82, 2.24) is 0 Å². The second-order valence-corrected chi connectivity index (χ2v) is 7.87. The van der Waals surface area contributed by atoms with E-state index in [2.05, 4.69) is 0 Å². The van der Waals surface area contributed by atoms with E-state index in [0.717, 1.165) is 16.7 Å². The molecule has 0 radical (unpaired) electrons. The van der Waals surface area contributed by atoms with Gasteiger partial charge in [-0.25, -0.2) is 9.59 Å². The predicted molar refractivity (Wildman–Crippen MR) is 114 cm³/mol. The van der Waals surface area contributed by atoms with Crippen LogP contribution in [0.5, 0.6) is 0 Å². The number of carbonyl (C=O) groups is 2. The van der Waals surface area contributed by atoms with Crippen LogP contribution in [0.2, 0.25) is 0 Å². The number of rotatable bonds is 11. The van der Waals surface area contributed by atoms with Crippen LogP contribution in [0, 0.1) is 11.8 Å². The molecule has 0 aliphatic carbocycles. The van der Waals surface area contributed by atoms with Gasteiger partial charge in [0.15, 0.2) is 6.10 Å². The summed E-state index contributed by atoms with van der Waals surface area (Å²) in [4.78, 5) is 24.2. The van der Waals surface area contributed by atoms with Gasteiger partial charge < -0.3 is 14.2 Å². The molecule has 0 fully saturated rings. The molecule has 1 aromatic rings. The fourth-order valence-corrected chi connectivity index (χ4v) is 2.79. The molecule has 0 saturated carbocycles. The van der Waals surface area contributed by atoms with Crippen LogP contribution in [0.3, 0.4) is 0 Å². The normalized spacial score (nSPS) is 11.7. The zero-order valence-electron chi connectivity index (χ0n) is 18.4. The maximum absolute atomic E-state index is 12.4. The number of ether oxygens (including phenoxy) is 3. The Balaban J connectivity index is 2.74. The lowest BCUT2D eigenvalue weighted by atomic mass is 9.92. The van der Waals surface area contributed by atoms with Crippen molar-refractivity contribution in [2.75, 3.05) is 13.2 Å². The summed E-state index contributed by atoms with van der Waals surface area (Å²) in [7, 11) is 0. The smallest absolute Gasteiger partial charge is 0.331 e. The lowest BCUT2D eigenvalue weighted by molar-refractivity contribution is -0.156. The summed E-state index contributed by atoms with van der Waals surface area (Å²) in [6, 6.07) is 9.71. The second-order valence-electron chi connectivity index (χ2n) is 7.87. The van der Waals surface area contributed by atoms with E-state index in [0.29, 0.717) is 6.61 Å². The number of esters is 2. The summed E-state index contributed by atoms with van der Waals surface area (Å²) in [5.41, 5.74) is 2.87. The Labute approximate surface area is 174 Å². The lowest BCUT2D eigenvalue weighted by Gasteiger charge is -2.19. The summed E-state index contributed by atoms with van der Waals surface area (Å²) in [5.74, 6) is -0.430. The molecule has 0 saturated heterocycles. The topological polar surface area (TPSA) is 61.8 Å². The first-order valence-electron chi connectivity index (χ1n) is 10.0. The average molecular weight is 403 g/mol. The number of carbonyl (C=O) groups excluding carboxylic acids is 2. The van der Waals surface area contributed by atoms with Crippen LogP contribution in [-0.2, 0) is 30.4 Å². The molecule has 0 unspecified atom stereocenters. The molecular formula is C24H34O5. The van der Waals surface area contributed by atoms with E-state index < -0.39 is 18.0 Å². The Kier molecular flexibility index (Phi) is 11.0. The predicted octanol–water partition coefficient (Wildman–Crippen LogP) is 4.86. The highest BCUT2D eigenvalue weighted by Gasteiger charge is 2.18. The summed E-state index contributed by atoms with van der Waals surface area (Å²) >= 11 is 0. The molecule has 1 rings (SSSR count). The van der Waals surface area contributed by atoms with E-state index in [9.17, 15) is 9.59 Å². The van der Waals surface area contributed by atoms with E-state index in [-0.39, 0.29) is 25.0 Å². The summed E-state index contributed by atoms with van der Waals surface area (Å²) in [5, 5.41) is 0. The van der Waals surface area contributed by atoms with Gasteiger partial charge >= 0.3 is 11.9 Å². The SMILES string of the molecule is CC(C)=CC(=O)OC[C@H](COCc1ccccc1)OC(=O)C=C(C(C)C)C(C)C. The van der Waals surface area contributed by atoms with Crippen molar-refractivity contribution in [3.8, 4) is 0 Å². The summed E-state index contributed by atoms with van der Waals surface area (Å²) < 4.78 is 16.5. The third-order valence-corrected chi connectivity index (χ3v) is 4.13. The van der Waals surface area contributed by atoms with Crippen LogP contribution in [0.1, 0.15) is 47.1 Å². The first-order chi connectivity index (χ1) is 13.7. The average Bonchev–Trinajstić information content (AvgIpc) is 2.63. The number of hydrogen-bond donors (Lipinski definition) is 0. The fraction of sp³-hybridized carbons (Fsp3) is 0.500. The van der Waals surface area contributed by atoms with E-state index in [1.807, 2.05) is 71.9 Å². The number of hydrogen-bond acceptors (Lipinski definition) is 5. The first-order valence-corrected chi connectivity index (χ1v) is 10.0. The highest BCUT2D eigenvalue weighted by atomic mass is 16.6. The Bertz CT molecular complexity index is 687. The van der Waals surface area contributed by atoms with Crippen molar-refractivity contribution in [1.29, 1.82) is 0 Å². The molecule has 0 heterocycles. The zero-order chi connectivity index (χ0) is 21.8. The van der Waals surface area contributed by atoms with E-state index in [1.54, 1.807) is 0 Å². The highest BCUT2D eigenvalue weighted by molar-refractivity contribution is 5.83. The van der Waals surface area contributed by atoms with Crippen molar-refractivity contribution in [2.24, 2.45) is 11.8 Å². The van der Waals surface area contributed by atoms with Gasteiger partial charge in [-0.2, -0.15) is 0 Å². The Morgan fingerprint density at radius 1 is 0.897 bits per heavy atom. The molecule has 5 heteroatoms. The standard InChI is InChI=1S/C24H34O5/c1-17(2)12-23(25)28-16-21(15-27-14-20-10-8-7-9-11-20)29-24(26)13-22(18(3)4)19(5)6/h7-13,18-19,21H,14-16H2,1-6H3/t21-/m0/s1. The van der Waals surface area contributed by atoms with Gasteiger partial charge in [0.05, 0.1) is 13.2 Å². The highest BCUT2D eigenvalue weighted by Crippen LogP contribution is 2.19. The van der Waals surface area contributed by atoms with E-state index in [4.69, 9.17) is 14.2 Å². The van der Waals surface area contributed by atoms with Crippen LogP contribution in [0.25, 0.3) is 0 Å². The lowest BCUT2D eigenvalue weighted by Crippen LogP contribution is -2.29. The number of benzene rings is 1. The van der Waals surface area contributed by atoms with Gasteiger partial charge in [0, 0.05) is 12.2 Å². The van der Waals surface area contributed by atoms with Gasteiger partial charge in [-0.15, -0.1) is 0 Å². The quantitative estimate of drug-likeness (QED) is 0.391. The largest absolute Gasteiger partial charge is 0.458 e. The summed E-state index contributed by atoms with van der Waals surface area (Å²) in [6.45, 7) is 12.3. The third-order valence-electron chi connectivity index (χ3n) is 4.13. The van der Waals surface area contributed by atoms with Crippen LogP contribution < -0.4 is 0 Å². The molecule has 0 bridgehead atoms. The van der Waals surface area contributed by atoms with Crippen LogP contribution in [0.15, 0.2) is 53.6 Å². The minimum absolute atomic E-state index is 0.0598.